The Balaban J connectivity index is 1.82. The average molecular weight is 401 g/mol. The molecule has 5 heteroatoms. The van der Waals surface area contributed by atoms with Crippen molar-refractivity contribution in [2.75, 3.05) is 0 Å². The molecule has 142 valence electrons. The first-order chi connectivity index (χ1) is 14.1. The molecule has 0 aliphatic rings. The van der Waals surface area contributed by atoms with Gasteiger partial charge in [-0.2, -0.15) is 0 Å². The van der Waals surface area contributed by atoms with Crippen LogP contribution in [0, 0.1) is 0 Å². The van der Waals surface area contributed by atoms with Crippen LogP contribution < -0.4 is 0 Å². The van der Waals surface area contributed by atoms with Crippen LogP contribution in [0.3, 0.4) is 0 Å². The lowest BCUT2D eigenvalue weighted by atomic mass is 10.0. The SMILES string of the molecule is Oc1ccc(Cl)cc1C=Nc1c(C=Nc2ccccc2O)ccc2ccccc12. The Kier molecular flexibility index (Phi) is 5.27. The molecule has 0 unspecified atom stereocenters. The van der Waals surface area contributed by atoms with E-state index in [0.29, 0.717) is 22.0 Å². The number of para-hydroxylation sites is 2. The highest BCUT2D eigenvalue weighted by molar-refractivity contribution is 6.31. The number of phenolic OH excluding ortho intramolecular Hbond substituents is 2. The number of halogens is 1. The number of fused-ring (bicyclic) bond motifs is 1. The lowest BCUT2D eigenvalue weighted by Gasteiger charge is -2.07. The van der Waals surface area contributed by atoms with Crippen LogP contribution in [0.25, 0.3) is 10.8 Å². The zero-order chi connectivity index (χ0) is 20.2. The van der Waals surface area contributed by atoms with Gasteiger partial charge in [0.2, 0.25) is 0 Å². The summed E-state index contributed by atoms with van der Waals surface area (Å²) in [6, 6.07) is 23.5. The Hall–Kier alpha value is -3.63. The number of aliphatic imine (C=N–C) groups is 2. The zero-order valence-electron chi connectivity index (χ0n) is 15.3. The Bertz CT molecular complexity index is 1250. The Morgan fingerprint density at radius 2 is 1.45 bits per heavy atom. The zero-order valence-corrected chi connectivity index (χ0v) is 16.1. The van der Waals surface area contributed by atoms with Gasteiger partial charge < -0.3 is 10.2 Å². The van der Waals surface area contributed by atoms with Crippen LogP contribution in [0.4, 0.5) is 11.4 Å². The summed E-state index contributed by atoms with van der Waals surface area (Å²) < 4.78 is 0. The molecule has 0 fully saturated rings. The highest BCUT2D eigenvalue weighted by Gasteiger charge is 2.07. The van der Waals surface area contributed by atoms with Gasteiger partial charge in [-0.05, 0) is 35.7 Å². The van der Waals surface area contributed by atoms with Crippen LogP contribution in [0.1, 0.15) is 11.1 Å². The van der Waals surface area contributed by atoms with Gasteiger partial charge >= 0.3 is 0 Å². The largest absolute Gasteiger partial charge is 0.507 e. The molecule has 4 rings (SSSR count). The summed E-state index contributed by atoms with van der Waals surface area (Å²) in [5.41, 5.74) is 2.49. The van der Waals surface area contributed by atoms with Crippen LogP contribution in [0.2, 0.25) is 5.02 Å². The fraction of sp³-hybridized carbons (Fsp3) is 0. The summed E-state index contributed by atoms with van der Waals surface area (Å²) >= 11 is 6.04. The van der Waals surface area contributed by atoms with Gasteiger partial charge in [0.1, 0.15) is 17.2 Å². The second-order valence-electron chi connectivity index (χ2n) is 6.43. The van der Waals surface area contributed by atoms with Crippen molar-refractivity contribution in [2.24, 2.45) is 9.98 Å². The fourth-order valence-electron chi connectivity index (χ4n) is 3.00. The van der Waals surface area contributed by atoms with E-state index in [4.69, 9.17) is 11.6 Å². The predicted molar refractivity (Wildman–Crippen MR) is 120 cm³/mol. The van der Waals surface area contributed by atoms with Crippen molar-refractivity contribution in [3.05, 3.63) is 95.0 Å². The van der Waals surface area contributed by atoms with Crippen LogP contribution in [-0.2, 0) is 0 Å². The highest BCUT2D eigenvalue weighted by atomic mass is 35.5. The summed E-state index contributed by atoms with van der Waals surface area (Å²) in [5, 5.41) is 22.5. The van der Waals surface area contributed by atoms with Gasteiger partial charge in [-0.1, -0.05) is 60.1 Å². The van der Waals surface area contributed by atoms with E-state index in [1.807, 2.05) is 42.5 Å². The summed E-state index contributed by atoms with van der Waals surface area (Å²) in [4.78, 5) is 9.05. The molecule has 0 amide bonds. The third-order valence-electron chi connectivity index (χ3n) is 4.48. The number of phenols is 2. The first-order valence-electron chi connectivity index (χ1n) is 8.98. The molecule has 0 saturated carbocycles. The minimum absolute atomic E-state index is 0.0998. The number of hydrogen-bond acceptors (Lipinski definition) is 4. The Morgan fingerprint density at radius 1 is 0.690 bits per heavy atom. The number of benzene rings is 4. The summed E-state index contributed by atoms with van der Waals surface area (Å²) in [6.45, 7) is 0. The van der Waals surface area contributed by atoms with E-state index < -0.39 is 0 Å². The van der Waals surface area contributed by atoms with E-state index in [-0.39, 0.29) is 11.5 Å². The maximum Gasteiger partial charge on any atom is 0.141 e. The monoisotopic (exact) mass is 400 g/mol. The predicted octanol–water partition coefficient (Wildman–Crippen LogP) is 6.41. The topological polar surface area (TPSA) is 65.2 Å². The number of hydrogen-bond donors (Lipinski definition) is 2. The van der Waals surface area contributed by atoms with E-state index in [0.717, 1.165) is 16.3 Å². The molecule has 0 aliphatic carbocycles. The maximum absolute atomic E-state index is 10.1. The summed E-state index contributed by atoms with van der Waals surface area (Å²) in [6.07, 6.45) is 3.26. The second-order valence-corrected chi connectivity index (χ2v) is 6.87. The average Bonchev–Trinajstić information content (AvgIpc) is 2.74. The van der Waals surface area contributed by atoms with Gasteiger partial charge in [0.25, 0.3) is 0 Å². The van der Waals surface area contributed by atoms with Crippen LogP contribution >= 0.6 is 11.6 Å². The van der Waals surface area contributed by atoms with Gasteiger partial charge in [-0.25, -0.2) is 0 Å². The molecule has 0 spiro atoms. The second kappa shape index (κ2) is 8.17. The molecule has 2 N–H and O–H groups in total. The van der Waals surface area contributed by atoms with Gasteiger partial charge in [-0.3, -0.25) is 9.98 Å². The smallest absolute Gasteiger partial charge is 0.141 e. The third kappa shape index (κ3) is 4.13. The standard InChI is InChI=1S/C24H17ClN2O2/c25-19-11-12-22(28)18(13-19)15-27-24-17(10-9-16-5-1-2-6-20(16)24)14-26-21-7-3-4-8-23(21)29/h1-15,28-29H. The molecule has 0 aromatic heterocycles. The van der Waals surface area contributed by atoms with E-state index in [1.165, 1.54) is 6.07 Å². The molecule has 4 aromatic rings. The number of aromatic hydroxyl groups is 2. The maximum atomic E-state index is 10.1. The molecule has 4 nitrogen and oxygen atoms in total. The van der Waals surface area contributed by atoms with Crippen LogP contribution in [0.5, 0.6) is 11.5 Å². The van der Waals surface area contributed by atoms with Crippen molar-refractivity contribution in [1.29, 1.82) is 0 Å². The van der Waals surface area contributed by atoms with Crippen LogP contribution in [-0.4, -0.2) is 22.6 Å². The molecule has 0 heterocycles. The molecule has 29 heavy (non-hydrogen) atoms. The highest BCUT2D eigenvalue weighted by Crippen LogP contribution is 2.31. The van der Waals surface area contributed by atoms with E-state index in [1.54, 1.807) is 42.8 Å². The lowest BCUT2D eigenvalue weighted by Crippen LogP contribution is -1.87. The van der Waals surface area contributed by atoms with Crippen molar-refractivity contribution >= 4 is 46.2 Å². The Morgan fingerprint density at radius 3 is 2.31 bits per heavy atom. The minimum atomic E-state index is 0.0998. The molecular formula is C24H17ClN2O2. The number of nitrogens with zero attached hydrogens (tertiary/aromatic N) is 2. The van der Waals surface area contributed by atoms with Crippen molar-refractivity contribution in [1.82, 2.24) is 0 Å². The fourth-order valence-corrected chi connectivity index (χ4v) is 3.18. The molecule has 0 atom stereocenters. The number of rotatable bonds is 4. The van der Waals surface area contributed by atoms with Crippen molar-refractivity contribution in [2.45, 2.75) is 0 Å². The third-order valence-corrected chi connectivity index (χ3v) is 4.71. The normalized spacial score (nSPS) is 11.6. The molecule has 0 aliphatic heterocycles. The van der Waals surface area contributed by atoms with Crippen molar-refractivity contribution in [3.8, 4) is 11.5 Å². The van der Waals surface area contributed by atoms with Gasteiger partial charge in [0, 0.05) is 34.0 Å². The quantitative estimate of drug-likeness (QED) is 0.389. The molecule has 0 bridgehead atoms. The van der Waals surface area contributed by atoms with E-state index in [9.17, 15) is 10.2 Å². The van der Waals surface area contributed by atoms with Crippen molar-refractivity contribution in [3.63, 3.8) is 0 Å². The van der Waals surface area contributed by atoms with Gasteiger partial charge in [-0.15, -0.1) is 0 Å². The van der Waals surface area contributed by atoms with Crippen LogP contribution in [0.15, 0.2) is 88.8 Å². The molecule has 4 aromatic carbocycles. The summed E-state index contributed by atoms with van der Waals surface area (Å²) in [5.74, 6) is 0.209. The van der Waals surface area contributed by atoms with Gasteiger partial charge in [0.05, 0.1) is 5.69 Å². The molecular weight excluding hydrogens is 384 g/mol. The molecule has 0 saturated heterocycles. The van der Waals surface area contributed by atoms with E-state index in [2.05, 4.69) is 9.98 Å². The first kappa shape index (κ1) is 18.7. The van der Waals surface area contributed by atoms with Crippen molar-refractivity contribution < 1.29 is 10.2 Å². The van der Waals surface area contributed by atoms with E-state index >= 15 is 0 Å². The lowest BCUT2D eigenvalue weighted by molar-refractivity contribution is 0.474. The summed E-state index contributed by atoms with van der Waals surface area (Å²) in [7, 11) is 0. The minimum Gasteiger partial charge on any atom is -0.507 e. The molecule has 0 radical (unpaired) electrons. The van der Waals surface area contributed by atoms with Gasteiger partial charge in [0.15, 0.2) is 0 Å². The first-order valence-corrected chi connectivity index (χ1v) is 9.36. The Labute approximate surface area is 173 Å².